The summed E-state index contributed by atoms with van der Waals surface area (Å²) in [7, 11) is 1.51. The van der Waals surface area contributed by atoms with Crippen molar-refractivity contribution in [3.05, 3.63) is 65.0 Å². The van der Waals surface area contributed by atoms with Crippen LogP contribution < -0.4 is 9.47 Å². The number of amides is 1. The Morgan fingerprint density at radius 3 is 2.46 bits per heavy atom. The molecule has 2 saturated heterocycles. The number of morpholine rings is 1. The molecule has 0 aromatic heterocycles. The SMILES string of the molecule is CCOc1ccc([C@@H]2/C(=C(\O)c3ccc(F)cc3)C(=O)C(=O)N2CCN2CCOCC2)cc1OC. The summed E-state index contributed by atoms with van der Waals surface area (Å²) < 4.78 is 29.9. The largest absolute Gasteiger partial charge is 0.507 e. The second-order valence-electron chi connectivity index (χ2n) is 8.30. The summed E-state index contributed by atoms with van der Waals surface area (Å²) in [4.78, 5) is 30.0. The molecule has 9 heteroatoms. The van der Waals surface area contributed by atoms with Crippen LogP contribution in [0.4, 0.5) is 4.39 Å². The van der Waals surface area contributed by atoms with Gasteiger partial charge in [0.15, 0.2) is 11.5 Å². The number of nitrogens with zero attached hydrogens (tertiary/aromatic N) is 2. The van der Waals surface area contributed by atoms with Crippen molar-refractivity contribution in [3.63, 3.8) is 0 Å². The second-order valence-corrected chi connectivity index (χ2v) is 8.30. The van der Waals surface area contributed by atoms with Gasteiger partial charge in [0.1, 0.15) is 11.6 Å². The van der Waals surface area contributed by atoms with Gasteiger partial charge in [0.2, 0.25) is 0 Å². The molecule has 2 fully saturated rings. The highest BCUT2D eigenvalue weighted by molar-refractivity contribution is 6.46. The van der Waals surface area contributed by atoms with Crippen molar-refractivity contribution in [2.45, 2.75) is 13.0 Å². The molecule has 0 unspecified atom stereocenters. The zero-order chi connectivity index (χ0) is 24.9. The van der Waals surface area contributed by atoms with Gasteiger partial charge in [-0.25, -0.2) is 4.39 Å². The lowest BCUT2D eigenvalue weighted by atomic mass is 9.95. The topological polar surface area (TPSA) is 88.5 Å². The minimum absolute atomic E-state index is 0.0465. The molecule has 8 nitrogen and oxygen atoms in total. The van der Waals surface area contributed by atoms with Crippen LogP contribution in [0.25, 0.3) is 5.76 Å². The molecule has 0 radical (unpaired) electrons. The van der Waals surface area contributed by atoms with Gasteiger partial charge in [-0.15, -0.1) is 0 Å². The van der Waals surface area contributed by atoms with Gasteiger partial charge in [0, 0.05) is 31.7 Å². The Kier molecular flexibility index (Phi) is 7.67. The van der Waals surface area contributed by atoms with Gasteiger partial charge in [0.25, 0.3) is 11.7 Å². The standard InChI is InChI=1S/C26H29FN2O6/c1-3-35-20-9-6-18(16-21(20)33-2)23-22(24(30)17-4-7-19(27)8-5-17)25(31)26(32)29(23)11-10-28-12-14-34-15-13-28/h4-9,16,23,30H,3,10-15H2,1-2H3/b24-22+/t23-/m1/s1. The molecule has 35 heavy (non-hydrogen) atoms. The van der Waals surface area contributed by atoms with Crippen LogP contribution in [-0.4, -0.2) is 79.7 Å². The molecular weight excluding hydrogens is 455 g/mol. The Hall–Kier alpha value is -3.43. The third-order valence-corrected chi connectivity index (χ3v) is 6.22. The third-order valence-electron chi connectivity index (χ3n) is 6.22. The summed E-state index contributed by atoms with van der Waals surface area (Å²) >= 11 is 0. The molecule has 1 atom stereocenters. The highest BCUT2D eigenvalue weighted by atomic mass is 19.1. The van der Waals surface area contributed by atoms with Gasteiger partial charge in [-0.05, 0) is 48.9 Å². The summed E-state index contributed by atoms with van der Waals surface area (Å²) in [5, 5.41) is 11.1. The molecule has 4 rings (SSSR count). The van der Waals surface area contributed by atoms with Crippen LogP contribution in [0, 0.1) is 5.82 Å². The predicted molar refractivity (Wildman–Crippen MR) is 127 cm³/mol. The number of rotatable bonds is 8. The van der Waals surface area contributed by atoms with Crippen LogP contribution >= 0.6 is 0 Å². The first-order valence-electron chi connectivity index (χ1n) is 11.6. The molecule has 0 spiro atoms. The minimum Gasteiger partial charge on any atom is -0.507 e. The van der Waals surface area contributed by atoms with Gasteiger partial charge in [-0.1, -0.05) is 6.07 Å². The van der Waals surface area contributed by atoms with E-state index < -0.39 is 23.5 Å². The number of hydrogen-bond acceptors (Lipinski definition) is 7. The summed E-state index contributed by atoms with van der Waals surface area (Å²) in [6.45, 7) is 5.84. The Balaban J connectivity index is 1.77. The fourth-order valence-electron chi connectivity index (χ4n) is 4.42. The maximum absolute atomic E-state index is 13.5. The van der Waals surface area contributed by atoms with Gasteiger partial charge in [-0.2, -0.15) is 0 Å². The maximum atomic E-state index is 13.5. The molecule has 0 saturated carbocycles. The number of carbonyl (C=O) groups is 2. The molecule has 2 heterocycles. The van der Waals surface area contributed by atoms with E-state index in [1.165, 1.54) is 36.3 Å². The van der Waals surface area contributed by atoms with Crippen molar-refractivity contribution < 1.29 is 33.3 Å². The second kappa shape index (κ2) is 10.9. The molecule has 0 bridgehead atoms. The fourth-order valence-corrected chi connectivity index (χ4v) is 4.42. The Morgan fingerprint density at radius 2 is 1.80 bits per heavy atom. The number of Topliss-reactive ketones (excluding diaryl/α,β-unsaturated/α-hetero) is 1. The van der Waals surface area contributed by atoms with E-state index in [4.69, 9.17) is 14.2 Å². The number of ketones is 1. The molecule has 0 aliphatic carbocycles. The van der Waals surface area contributed by atoms with Crippen LogP contribution in [0.2, 0.25) is 0 Å². The first-order chi connectivity index (χ1) is 16.9. The molecule has 1 N–H and O–H groups in total. The van der Waals surface area contributed by atoms with E-state index in [-0.39, 0.29) is 23.4 Å². The number of benzene rings is 2. The number of aliphatic hydroxyl groups is 1. The first-order valence-corrected chi connectivity index (χ1v) is 11.6. The number of hydrogen-bond donors (Lipinski definition) is 1. The van der Waals surface area contributed by atoms with E-state index in [1.54, 1.807) is 18.2 Å². The van der Waals surface area contributed by atoms with Crippen molar-refractivity contribution in [2.75, 3.05) is 53.1 Å². The van der Waals surface area contributed by atoms with Crippen LogP contribution in [-0.2, 0) is 14.3 Å². The molecule has 2 aromatic rings. The van der Waals surface area contributed by atoms with E-state index in [9.17, 15) is 19.1 Å². The summed E-state index contributed by atoms with van der Waals surface area (Å²) in [5.74, 6) is -1.32. The van der Waals surface area contributed by atoms with E-state index in [1.807, 2.05) is 6.92 Å². The average Bonchev–Trinajstić information content (AvgIpc) is 3.13. The van der Waals surface area contributed by atoms with E-state index >= 15 is 0 Å². The highest BCUT2D eigenvalue weighted by Gasteiger charge is 2.46. The van der Waals surface area contributed by atoms with Gasteiger partial charge >= 0.3 is 0 Å². The monoisotopic (exact) mass is 484 g/mol. The quantitative estimate of drug-likeness (QED) is 0.350. The summed E-state index contributed by atoms with van der Waals surface area (Å²) in [5.41, 5.74) is 0.797. The summed E-state index contributed by atoms with van der Waals surface area (Å²) in [6.07, 6.45) is 0. The van der Waals surface area contributed by atoms with Crippen molar-refractivity contribution >= 4 is 17.4 Å². The Morgan fingerprint density at radius 1 is 1.09 bits per heavy atom. The van der Waals surface area contributed by atoms with Crippen molar-refractivity contribution in [1.29, 1.82) is 0 Å². The van der Waals surface area contributed by atoms with Crippen LogP contribution in [0.15, 0.2) is 48.0 Å². The number of likely N-dealkylation sites (tertiary alicyclic amines) is 1. The number of aliphatic hydroxyl groups excluding tert-OH is 1. The van der Waals surface area contributed by atoms with Crippen molar-refractivity contribution in [3.8, 4) is 11.5 Å². The highest BCUT2D eigenvalue weighted by Crippen LogP contribution is 2.42. The Labute approximate surface area is 203 Å². The van der Waals surface area contributed by atoms with E-state index in [0.29, 0.717) is 43.4 Å². The summed E-state index contributed by atoms with van der Waals surface area (Å²) in [6, 6.07) is 9.48. The molecule has 2 aliphatic rings. The van der Waals surface area contributed by atoms with Gasteiger partial charge < -0.3 is 24.2 Å². The lowest BCUT2D eigenvalue weighted by Gasteiger charge is -2.31. The van der Waals surface area contributed by atoms with Gasteiger partial charge in [0.05, 0.1) is 38.5 Å². The smallest absolute Gasteiger partial charge is 0.295 e. The zero-order valence-electron chi connectivity index (χ0n) is 19.8. The van der Waals surface area contributed by atoms with Crippen LogP contribution in [0.5, 0.6) is 11.5 Å². The maximum Gasteiger partial charge on any atom is 0.295 e. The predicted octanol–water partition coefficient (Wildman–Crippen LogP) is 2.99. The van der Waals surface area contributed by atoms with Crippen LogP contribution in [0.1, 0.15) is 24.1 Å². The number of carbonyl (C=O) groups excluding carboxylic acids is 2. The molecule has 2 aromatic carbocycles. The Bertz CT molecular complexity index is 1110. The number of halogens is 1. The van der Waals surface area contributed by atoms with Crippen molar-refractivity contribution in [1.82, 2.24) is 9.80 Å². The number of methoxy groups -OCH3 is 1. The van der Waals surface area contributed by atoms with Gasteiger partial charge in [-0.3, -0.25) is 14.5 Å². The third kappa shape index (κ3) is 5.16. The van der Waals surface area contributed by atoms with E-state index in [0.717, 1.165) is 13.1 Å². The lowest BCUT2D eigenvalue weighted by Crippen LogP contribution is -2.42. The molecule has 186 valence electrons. The van der Waals surface area contributed by atoms with E-state index in [2.05, 4.69) is 4.90 Å². The number of ether oxygens (including phenoxy) is 3. The molecule has 2 aliphatic heterocycles. The first kappa shape index (κ1) is 24.7. The molecule has 1 amide bonds. The zero-order valence-corrected chi connectivity index (χ0v) is 19.8. The fraction of sp³-hybridized carbons (Fsp3) is 0.385. The molecular formula is C26H29FN2O6. The van der Waals surface area contributed by atoms with Crippen LogP contribution in [0.3, 0.4) is 0 Å². The lowest BCUT2D eigenvalue weighted by molar-refractivity contribution is -0.140. The van der Waals surface area contributed by atoms with Crippen molar-refractivity contribution in [2.24, 2.45) is 0 Å². The average molecular weight is 485 g/mol. The minimum atomic E-state index is -0.842. The normalized spacial score (nSPS) is 20.3.